The van der Waals surface area contributed by atoms with E-state index in [4.69, 9.17) is 0 Å². The standard InChI is InChI=1S/C11H14N2O/c1-7(2)10-8-3-6-13-11(14)9(8)4-5-12-10/h4-5,7H,3,6H2,1-2H3,(H,13,14). The van der Waals surface area contributed by atoms with E-state index in [0.717, 1.165) is 29.8 Å². The van der Waals surface area contributed by atoms with Crippen LogP contribution in [-0.2, 0) is 6.42 Å². The molecule has 1 N–H and O–H groups in total. The van der Waals surface area contributed by atoms with Gasteiger partial charge in [-0.2, -0.15) is 0 Å². The number of pyridine rings is 1. The van der Waals surface area contributed by atoms with Crippen molar-refractivity contribution in [3.05, 3.63) is 29.1 Å². The maximum absolute atomic E-state index is 11.5. The first-order valence-corrected chi connectivity index (χ1v) is 4.96. The normalized spacial score (nSPS) is 15.2. The second-order valence-electron chi connectivity index (χ2n) is 3.88. The maximum Gasteiger partial charge on any atom is 0.251 e. The summed E-state index contributed by atoms with van der Waals surface area (Å²) in [5, 5.41) is 2.84. The molecule has 0 fully saturated rings. The molecule has 1 aliphatic rings. The number of aromatic nitrogens is 1. The third-order valence-electron chi connectivity index (χ3n) is 2.54. The molecule has 14 heavy (non-hydrogen) atoms. The Morgan fingerprint density at radius 3 is 3.00 bits per heavy atom. The van der Waals surface area contributed by atoms with Crippen LogP contribution in [0.15, 0.2) is 12.3 Å². The van der Waals surface area contributed by atoms with E-state index in [1.54, 1.807) is 12.3 Å². The van der Waals surface area contributed by atoms with Gasteiger partial charge >= 0.3 is 0 Å². The van der Waals surface area contributed by atoms with Crippen molar-refractivity contribution < 1.29 is 4.79 Å². The highest BCUT2D eigenvalue weighted by molar-refractivity contribution is 5.96. The van der Waals surface area contributed by atoms with Crippen molar-refractivity contribution in [1.29, 1.82) is 0 Å². The lowest BCUT2D eigenvalue weighted by Crippen LogP contribution is -2.32. The zero-order valence-electron chi connectivity index (χ0n) is 8.50. The molecule has 0 atom stereocenters. The number of nitrogens with zero attached hydrogens (tertiary/aromatic N) is 1. The Hall–Kier alpha value is -1.38. The largest absolute Gasteiger partial charge is 0.352 e. The monoisotopic (exact) mass is 190 g/mol. The zero-order valence-corrected chi connectivity index (χ0v) is 8.50. The molecular weight excluding hydrogens is 176 g/mol. The number of nitrogens with one attached hydrogen (secondary N) is 1. The Morgan fingerprint density at radius 2 is 2.29 bits per heavy atom. The molecule has 0 saturated heterocycles. The second kappa shape index (κ2) is 3.40. The molecule has 0 unspecified atom stereocenters. The second-order valence-corrected chi connectivity index (χ2v) is 3.88. The van der Waals surface area contributed by atoms with Gasteiger partial charge in [0, 0.05) is 24.0 Å². The highest BCUT2D eigenvalue weighted by atomic mass is 16.1. The van der Waals surface area contributed by atoms with Crippen molar-refractivity contribution in [3.63, 3.8) is 0 Å². The molecular formula is C11H14N2O. The lowest BCUT2D eigenvalue weighted by atomic mass is 9.94. The molecule has 0 aromatic carbocycles. The first-order chi connectivity index (χ1) is 6.70. The predicted molar refractivity (Wildman–Crippen MR) is 54.4 cm³/mol. The van der Waals surface area contributed by atoms with Gasteiger partial charge in [-0.1, -0.05) is 13.8 Å². The van der Waals surface area contributed by atoms with Crippen LogP contribution in [0.1, 0.15) is 41.4 Å². The topological polar surface area (TPSA) is 42.0 Å². The van der Waals surface area contributed by atoms with E-state index in [1.165, 1.54) is 0 Å². The van der Waals surface area contributed by atoms with Crippen LogP contribution in [0, 0.1) is 0 Å². The number of carbonyl (C=O) groups excluding carboxylic acids is 1. The van der Waals surface area contributed by atoms with Crippen LogP contribution in [0.5, 0.6) is 0 Å². The summed E-state index contributed by atoms with van der Waals surface area (Å²) in [4.78, 5) is 15.9. The van der Waals surface area contributed by atoms with Gasteiger partial charge in [-0.05, 0) is 24.0 Å². The summed E-state index contributed by atoms with van der Waals surface area (Å²) in [6.07, 6.45) is 2.63. The molecule has 1 aromatic rings. The van der Waals surface area contributed by atoms with Gasteiger partial charge in [-0.3, -0.25) is 9.78 Å². The SMILES string of the molecule is CC(C)c1nccc2c1CCNC2=O. The molecule has 0 radical (unpaired) electrons. The number of rotatable bonds is 1. The van der Waals surface area contributed by atoms with E-state index in [2.05, 4.69) is 24.1 Å². The smallest absolute Gasteiger partial charge is 0.251 e. The van der Waals surface area contributed by atoms with Crippen molar-refractivity contribution in [2.45, 2.75) is 26.2 Å². The Morgan fingerprint density at radius 1 is 1.50 bits per heavy atom. The van der Waals surface area contributed by atoms with Crippen molar-refractivity contribution in [2.75, 3.05) is 6.54 Å². The van der Waals surface area contributed by atoms with Gasteiger partial charge < -0.3 is 5.32 Å². The predicted octanol–water partition coefficient (Wildman–Crippen LogP) is 1.49. The summed E-state index contributed by atoms with van der Waals surface area (Å²) in [5.74, 6) is 0.423. The Labute approximate surface area is 83.5 Å². The van der Waals surface area contributed by atoms with Crippen LogP contribution in [0.25, 0.3) is 0 Å². The van der Waals surface area contributed by atoms with Gasteiger partial charge in [-0.25, -0.2) is 0 Å². The lowest BCUT2D eigenvalue weighted by molar-refractivity contribution is 0.0945. The highest BCUT2D eigenvalue weighted by Crippen LogP contribution is 2.22. The number of amides is 1. The fourth-order valence-corrected chi connectivity index (χ4v) is 1.88. The van der Waals surface area contributed by atoms with E-state index < -0.39 is 0 Å². The molecule has 3 nitrogen and oxygen atoms in total. The molecule has 3 heteroatoms. The van der Waals surface area contributed by atoms with Crippen molar-refractivity contribution >= 4 is 5.91 Å². The average molecular weight is 190 g/mol. The third kappa shape index (κ3) is 1.39. The van der Waals surface area contributed by atoms with Gasteiger partial charge in [0.1, 0.15) is 0 Å². The number of hydrogen-bond donors (Lipinski definition) is 1. The Kier molecular flexibility index (Phi) is 2.23. The summed E-state index contributed by atoms with van der Waals surface area (Å²) >= 11 is 0. The summed E-state index contributed by atoms with van der Waals surface area (Å²) in [5.41, 5.74) is 3.00. The van der Waals surface area contributed by atoms with Crippen LogP contribution < -0.4 is 5.32 Å². The maximum atomic E-state index is 11.5. The molecule has 0 aliphatic carbocycles. The minimum Gasteiger partial charge on any atom is -0.352 e. The minimum absolute atomic E-state index is 0.0375. The molecule has 2 rings (SSSR count). The molecule has 0 saturated carbocycles. The van der Waals surface area contributed by atoms with E-state index in [-0.39, 0.29) is 5.91 Å². The van der Waals surface area contributed by atoms with Gasteiger partial charge in [-0.15, -0.1) is 0 Å². The average Bonchev–Trinajstić information content (AvgIpc) is 2.17. The van der Waals surface area contributed by atoms with E-state index in [9.17, 15) is 4.79 Å². The minimum atomic E-state index is 0.0375. The molecule has 1 aliphatic heterocycles. The number of hydrogen-bond acceptors (Lipinski definition) is 2. The zero-order chi connectivity index (χ0) is 10.1. The molecule has 2 heterocycles. The summed E-state index contributed by atoms with van der Waals surface area (Å²) < 4.78 is 0. The van der Waals surface area contributed by atoms with E-state index >= 15 is 0 Å². The van der Waals surface area contributed by atoms with E-state index in [0.29, 0.717) is 5.92 Å². The third-order valence-corrected chi connectivity index (χ3v) is 2.54. The van der Waals surface area contributed by atoms with Gasteiger partial charge in [0.05, 0.1) is 0 Å². The van der Waals surface area contributed by atoms with Gasteiger partial charge in [0.25, 0.3) is 5.91 Å². The van der Waals surface area contributed by atoms with Crippen LogP contribution in [-0.4, -0.2) is 17.4 Å². The van der Waals surface area contributed by atoms with Crippen LogP contribution in [0.4, 0.5) is 0 Å². The number of fused-ring (bicyclic) bond motifs is 1. The highest BCUT2D eigenvalue weighted by Gasteiger charge is 2.20. The number of carbonyl (C=O) groups is 1. The van der Waals surface area contributed by atoms with Crippen molar-refractivity contribution in [1.82, 2.24) is 10.3 Å². The molecule has 0 bridgehead atoms. The molecule has 1 amide bonds. The molecule has 74 valence electrons. The van der Waals surface area contributed by atoms with Crippen LogP contribution in [0.2, 0.25) is 0 Å². The van der Waals surface area contributed by atoms with Gasteiger partial charge in [0.15, 0.2) is 0 Å². The first kappa shape index (κ1) is 9.19. The van der Waals surface area contributed by atoms with Crippen LogP contribution in [0.3, 0.4) is 0 Å². The summed E-state index contributed by atoms with van der Waals surface area (Å²) in [7, 11) is 0. The quantitative estimate of drug-likeness (QED) is 0.729. The van der Waals surface area contributed by atoms with Crippen molar-refractivity contribution in [2.24, 2.45) is 0 Å². The molecule has 0 spiro atoms. The van der Waals surface area contributed by atoms with Gasteiger partial charge in [0.2, 0.25) is 0 Å². The van der Waals surface area contributed by atoms with Crippen molar-refractivity contribution in [3.8, 4) is 0 Å². The first-order valence-electron chi connectivity index (χ1n) is 4.96. The Balaban J connectivity index is 2.55. The molecule has 1 aromatic heterocycles. The fraction of sp³-hybridized carbons (Fsp3) is 0.455. The fourth-order valence-electron chi connectivity index (χ4n) is 1.88. The van der Waals surface area contributed by atoms with Crippen LogP contribution >= 0.6 is 0 Å². The summed E-state index contributed by atoms with van der Waals surface area (Å²) in [6, 6.07) is 1.80. The lowest BCUT2D eigenvalue weighted by Gasteiger charge is -2.20. The summed E-state index contributed by atoms with van der Waals surface area (Å²) in [6.45, 7) is 4.95. The van der Waals surface area contributed by atoms with E-state index in [1.807, 2.05) is 0 Å². The Bertz CT molecular complexity index is 372.